The van der Waals surface area contributed by atoms with Gasteiger partial charge >= 0.3 is 0 Å². The predicted octanol–water partition coefficient (Wildman–Crippen LogP) is 1.89. The molecule has 0 amide bonds. The number of rotatable bonds is 3. The molecule has 1 heterocycles. The summed E-state index contributed by atoms with van der Waals surface area (Å²) in [5.74, 6) is 0. The van der Waals surface area contributed by atoms with E-state index in [4.69, 9.17) is 10.6 Å². The lowest BCUT2D eigenvalue weighted by Crippen LogP contribution is -2.22. The van der Waals surface area contributed by atoms with Crippen LogP contribution in [0.3, 0.4) is 0 Å². The molecule has 0 bridgehead atoms. The Labute approximate surface area is 84.5 Å². The Kier molecular flexibility index (Phi) is 4.20. The molecule has 13 heavy (non-hydrogen) atoms. The molecule has 0 aromatic heterocycles. The maximum atomic E-state index is 5.01. The molecular formula is C10H15NOS. The van der Waals surface area contributed by atoms with Gasteiger partial charge in [-0.05, 0) is 20.4 Å². The highest BCUT2D eigenvalue weighted by Crippen LogP contribution is 2.27. The van der Waals surface area contributed by atoms with Gasteiger partial charge in [0.2, 0.25) is 0 Å². The SMILES string of the molecule is C#COSC1CC(C=CC)N(C)C1. The van der Waals surface area contributed by atoms with Gasteiger partial charge < -0.3 is 4.18 Å². The molecule has 3 heteroatoms. The summed E-state index contributed by atoms with van der Waals surface area (Å²) in [5, 5.41) is 0.502. The third kappa shape index (κ3) is 2.98. The molecule has 2 nitrogen and oxygen atoms in total. The maximum absolute atomic E-state index is 5.01. The Hall–Kier alpha value is -0.590. The molecule has 0 aromatic carbocycles. The smallest absolute Gasteiger partial charge is 0.123 e. The molecule has 1 fully saturated rings. The standard InChI is InChI=1S/C10H15NOS/c1-4-6-9-7-10(8-11(9)3)13-12-5-2/h2,4,6,9-10H,7-8H2,1,3H3. The quantitative estimate of drug-likeness (QED) is 0.389. The highest BCUT2D eigenvalue weighted by molar-refractivity contribution is 7.95. The number of likely N-dealkylation sites (tertiary alicyclic amines) is 1. The summed E-state index contributed by atoms with van der Waals surface area (Å²) in [5.41, 5.74) is 0. The molecule has 0 aromatic rings. The van der Waals surface area contributed by atoms with Crippen molar-refractivity contribution in [1.82, 2.24) is 4.90 Å². The van der Waals surface area contributed by atoms with Crippen molar-refractivity contribution in [2.24, 2.45) is 0 Å². The Morgan fingerprint density at radius 2 is 2.46 bits per heavy atom. The van der Waals surface area contributed by atoms with Gasteiger partial charge in [0.15, 0.2) is 0 Å². The number of hydrogen-bond acceptors (Lipinski definition) is 3. The van der Waals surface area contributed by atoms with Gasteiger partial charge in [0.05, 0.1) is 17.3 Å². The van der Waals surface area contributed by atoms with Crippen LogP contribution in [0.4, 0.5) is 0 Å². The first-order valence-electron chi connectivity index (χ1n) is 4.39. The zero-order chi connectivity index (χ0) is 9.68. The van der Waals surface area contributed by atoms with Gasteiger partial charge in [-0.25, -0.2) is 0 Å². The van der Waals surface area contributed by atoms with E-state index in [0.29, 0.717) is 11.3 Å². The summed E-state index contributed by atoms with van der Waals surface area (Å²) in [7, 11) is 2.13. The topological polar surface area (TPSA) is 12.5 Å². The highest BCUT2D eigenvalue weighted by atomic mass is 32.2. The minimum Gasteiger partial charge on any atom is -0.375 e. The van der Waals surface area contributed by atoms with Crippen LogP contribution in [0.2, 0.25) is 0 Å². The van der Waals surface area contributed by atoms with Crippen LogP contribution in [0.1, 0.15) is 13.3 Å². The van der Waals surface area contributed by atoms with Crippen LogP contribution >= 0.6 is 12.0 Å². The van der Waals surface area contributed by atoms with E-state index in [1.54, 1.807) is 0 Å². The van der Waals surface area contributed by atoms with Gasteiger partial charge in [0.25, 0.3) is 0 Å². The minimum absolute atomic E-state index is 0.502. The molecule has 1 aliphatic rings. The van der Waals surface area contributed by atoms with E-state index < -0.39 is 0 Å². The first-order valence-corrected chi connectivity index (χ1v) is 5.19. The van der Waals surface area contributed by atoms with Gasteiger partial charge in [-0.15, -0.1) is 0 Å². The van der Waals surface area contributed by atoms with Crippen LogP contribution in [0.5, 0.6) is 0 Å². The van der Waals surface area contributed by atoms with E-state index in [1.165, 1.54) is 12.0 Å². The van der Waals surface area contributed by atoms with Crippen LogP contribution in [-0.4, -0.2) is 29.8 Å². The van der Waals surface area contributed by atoms with E-state index >= 15 is 0 Å². The molecule has 1 saturated heterocycles. The Morgan fingerprint density at radius 3 is 3.08 bits per heavy atom. The van der Waals surface area contributed by atoms with Crippen LogP contribution in [0.25, 0.3) is 0 Å². The van der Waals surface area contributed by atoms with Gasteiger partial charge in [-0.1, -0.05) is 18.6 Å². The van der Waals surface area contributed by atoms with E-state index in [-0.39, 0.29) is 0 Å². The summed E-state index contributed by atoms with van der Waals surface area (Å²) in [6.45, 7) is 3.09. The van der Waals surface area contributed by atoms with Gasteiger partial charge in [-0.3, -0.25) is 4.90 Å². The molecule has 0 saturated carbocycles. The minimum atomic E-state index is 0.502. The van der Waals surface area contributed by atoms with Crippen molar-refractivity contribution in [1.29, 1.82) is 0 Å². The van der Waals surface area contributed by atoms with Crippen molar-refractivity contribution in [3.63, 3.8) is 0 Å². The second kappa shape index (κ2) is 5.21. The van der Waals surface area contributed by atoms with Crippen LogP contribution in [-0.2, 0) is 4.18 Å². The van der Waals surface area contributed by atoms with E-state index in [0.717, 1.165) is 13.0 Å². The molecule has 1 aliphatic heterocycles. The maximum Gasteiger partial charge on any atom is 0.123 e. The molecule has 2 atom stereocenters. The number of likely N-dealkylation sites (N-methyl/N-ethyl adjacent to an activating group) is 1. The summed E-state index contributed by atoms with van der Waals surface area (Å²) < 4.78 is 4.89. The molecule has 0 aliphatic carbocycles. The fourth-order valence-electron chi connectivity index (χ4n) is 1.59. The summed E-state index contributed by atoms with van der Waals surface area (Å²) >= 11 is 1.41. The van der Waals surface area contributed by atoms with Crippen molar-refractivity contribution in [3.8, 4) is 12.5 Å². The molecular weight excluding hydrogens is 182 g/mol. The average molecular weight is 197 g/mol. The summed E-state index contributed by atoms with van der Waals surface area (Å²) in [4.78, 5) is 2.32. The zero-order valence-electron chi connectivity index (χ0n) is 8.06. The number of nitrogens with zero attached hydrogens (tertiary/aromatic N) is 1. The highest BCUT2D eigenvalue weighted by Gasteiger charge is 2.28. The van der Waals surface area contributed by atoms with Crippen LogP contribution in [0, 0.1) is 12.5 Å². The normalized spacial score (nSPS) is 29.3. The monoisotopic (exact) mass is 197 g/mol. The molecule has 72 valence electrons. The van der Waals surface area contributed by atoms with E-state index in [1.807, 2.05) is 6.92 Å². The first-order chi connectivity index (χ1) is 6.27. The van der Waals surface area contributed by atoms with Crippen LogP contribution in [0.15, 0.2) is 12.2 Å². The first kappa shape index (κ1) is 10.5. The lowest BCUT2D eigenvalue weighted by molar-refractivity contribution is 0.357. The second-order valence-corrected chi connectivity index (χ2v) is 4.21. The zero-order valence-corrected chi connectivity index (χ0v) is 8.88. The second-order valence-electron chi connectivity index (χ2n) is 3.19. The van der Waals surface area contributed by atoms with Crippen molar-refractivity contribution >= 4 is 12.0 Å². The predicted molar refractivity (Wildman–Crippen MR) is 57.1 cm³/mol. The molecule has 0 spiro atoms. The number of hydrogen-bond donors (Lipinski definition) is 0. The third-order valence-corrected chi connectivity index (χ3v) is 3.02. The number of allylic oxidation sites excluding steroid dienone is 1. The summed E-state index contributed by atoms with van der Waals surface area (Å²) in [6.07, 6.45) is 12.6. The van der Waals surface area contributed by atoms with Crippen molar-refractivity contribution in [3.05, 3.63) is 12.2 Å². The Balaban J connectivity index is 2.37. The Bertz CT molecular complexity index is 221. The lowest BCUT2D eigenvalue weighted by atomic mass is 10.2. The summed E-state index contributed by atoms with van der Waals surface area (Å²) in [6, 6.07) is 0.545. The fraction of sp³-hybridized carbons (Fsp3) is 0.600. The van der Waals surface area contributed by atoms with E-state index in [9.17, 15) is 0 Å². The number of terminal acetylenes is 1. The van der Waals surface area contributed by atoms with Gasteiger partial charge in [0, 0.05) is 12.6 Å². The fourth-order valence-corrected chi connectivity index (χ4v) is 2.36. The Morgan fingerprint density at radius 1 is 1.69 bits per heavy atom. The molecule has 1 rings (SSSR count). The van der Waals surface area contributed by atoms with Gasteiger partial charge in [-0.2, -0.15) is 0 Å². The lowest BCUT2D eigenvalue weighted by Gasteiger charge is -2.13. The third-order valence-electron chi connectivity index (χ3n) is 2.21. The average Bonchev–Trinajstić information content (AvgIpc) is 2.45. The molecule has 2 unspecified atom stereocenters. The van der Waals surface area contributed by atoms with Crippen molar-refractivity contribution in [2.75, 3.05) is 13.6 Å². The van der Waals surface area contributed by atoms with Gasteiger partial charge in [0.1, 0.15) is 6.11 Å². The van der Waals surface area contributed by atoms with Crippen LogP contribution < -0.4 is 0 Å². The van der Waals surface area contributed by atoms with Crippen molar-refractivity contribution in [2.45, 2.75) is 24.6 Å². The molecule has 0 radical (unpaired) electrons. The van der Waals surface area contributed by atoms with E-state index in [2.05, 4.69) is 30.2 Å². The molecule has 0 N–H and O–H groups in total. The van der Waals surface area contributed by atoms with Crippen molar-refractivity contribution < 1.29 is 4.18 Å². The largest absolute Gasteiger partial charge is 0.375 e.